The second-order valence-corrected chi connectivity index (χ2v) is 2.87. The lowest BCUT2D eigenvalue weighted by Gasteiger charge is -2.32. The standard InChI is InChI=1S/C8H14N2O3/c1-7-6-13-4-3-10(7)8(11)5-9-12-2/h5,7H,3-4,6H2,1-2H3/b9-5+/t7-/m1/s1. The molecular weight excluding hydrogens is 172 g/mol. The molecule has 0 saturated carbocycles. The molecule has 1 aliphatic rings. The Labute approximate surface area is 77.3 Å². The van der Waals surface area contributed by atoms with E-state index in [4.69, 9.17) is 4.74 Å². The van der Waals surface area contributed by atoms with Crippen molar-refractivity contribution in [3.63, 3.8) is 0 Å². The van der Waals surface area contributed by atoms with Gasteiger partial charge in [0.05, 0.1) is 19.3 Å². The fraction of sp³-hybridized carbons (Fsp3) is 0.750. The number of morpholine rings is 1. The fourth-order valence-electron chi connectivity index (χ4n) is 1.23. The highest BCUT2D eigenvalue weighted by Gasteiger charge is 2.22. The van der Waals surface area contributed by atoms with Crippen molar-refractivity contribution in [3.8, 4) is 0 Å². The van der Waals surface area contributed by atoms with Crippen molar-refractivity contribution in [1.29, 1.82) is 0 Å². The molecule has 5 nitrogen and oxygen atoms in total. The van der Waals surface area contributed by atoms with Crippen molar-refractivity contribution in [2.45, 2.75) is 13.0 Å². The van der Waals surface area contributed by atoms with Crippen molar-refractivity contribution in [1.82, 2.24) is 4.90 Å². The number of oxime groups is 1. The zero-order valence-electron chi connectivity index (χ0n) is 7.90. The normalized spacial score (nSPS) is 23.5. The Bertz CT molecular complexity index is 206. The molecule has 13 heavy (non-hydrogen) atoms. The molecule has 0 bridgehead atoms. The van der Waals surface area contributed by atoms with Gasteiger partial charge >= 0.3 is 0 Å². The van der Waals surface area contributed by atoms with Crippen molar-refractivity contribution in [3.05, 3.63) is 0 Å². The van der Waals surface area contributed by atoms with Gasteiger partial charge in [-0.3, -0.25) is 4.79 Å². The van der Waals surface area contributed by atoms with Crippen LogP contribution >= 0.6 is 0 Å². The van der Waals surface area contributed by atoms with Gasteiger partial charge < -0.3 is 14.5 Å². The zero-order chi connectivity index (χ0) is 9.68. The summed E-state index contributed by atoms with van der Waals surface area (Å²) in [7, 11) is 1.41. The lowest BCUT2D eigenvalue weighted by atomic mass is 10.2. The third-order valence-electron chi connectivity index (χ3n) is 1.92. The van der Waals surface area contributed by atoms with Crippen LogP contribution in [0.15, 0.2) is 5.16 Å². The van der Waals surface area contributed by atoms with Gasteiger partial charge in [-0.25, -0.2) is 0 Å². The van der Waals surface area contributed by atoms with Crippen LogP contribution in [0.2, 0.25) is 0 Å². The summed E-state index contributed by atoms with van der Waals surface area (Å²) in [6.07, 6.45) is 1.18. The van der Waals surface area contributed by atoms with Crippen molar-refractivity contribution in [2.75, 3.05) is 26.9 Å². The average molecular weight is 186 g/mol. The summed E-state index contributed by atoms with van der Waals surface area (Å²) < 4.78 is 5.20. The maximum Gasteiger partial charge on any atom is 0.268 e. The van der Waals surface area contributed by atoms with E-state index in [1.165, 1.54) is 13.3 Å². The summed E-state index contributed by atoms with van der Waals surface area (Å²) in [5.41, 5.74) is 0. The van der Waals surface area contributed by atoms with Gasteiger partial charge in [0.15, 0.2) is 0 Å². The van der Waals surface area contributed by atoms with Crippen LogP contribution in [0.1, 0.15) is 6.92 Å². The number of amides is 1. The molecule has 1 fully saturated rings. The molecule has 0 aromatic rings. The van der Waals surface area contributed by atoms with Crippen molar-refractivity contribution < 1.29 is 14.4 Å². The number of carbonyl (C=O) groups excluding carboxylic acids is 1. The monoisotopic (exact) mass is 186 g/mol. The molecule has 74 valence electrons. The number of hydrogen-bond donors (Lipinski definition) is 0. The lowest BCUT2D eigenvalue weighted by Crippen LogP contribution is -2.47. The Balaban J connectivity index is 2.48. The summed E-state index contributed by atoms with van der Waals surface area (Å²) in [6.45, 7) is 3.75. The van der Waals surface area contributed by atoms with E-state index in [1.807, 2.05) is 6.92 Å². The molecule has 1 amide bonds. The summed E-state index contributed by atoms with van der Waals surface area (Å²) in [4.78, 5) is 17.6. The minimum Gasteiger partial charge on any atom is -0.399 e. The average Bonchev–Trinajstić information content (AvgIpc) is 2.15. The van der Waals surface area contributed by atoms with Gasteiger partial charge in [-0.15, -0.1) is 0 Å². The highest BCUT2D eigenvalue weighted by molar-refractivity contribution is 6.26. The Hall–Kier alpha value is -1.10. The quantitative estimate of drug-likeness (QED) is 0.445. The molecule has 0 N–H and O–H groups in total. The molecule has 1 heterocycles. The maximum absolute atomic E-state index is 11.4. The molecule has 0 aromatic carbocycles. The van der Waals surface area contributed by atoms with Crippen molar-refractivity contribution >= 4 is 12.1 Å². The number of carbonyl (C=O) groups is 1. The maximum atomic E-state index is 11.4. The number of ether oxygens (including phenoxy) is 1. The minimum absolute atomic E-state index is 0.115. The van der Waals surface area contributed by atoms with Crippen LogP contribution in [-0.4, -0.2) is 49.9 Å². The largest absolute Gasteiger partial charge is 0.399 e. The minimum atomic E-state index is -0.127. The van der Waals surface area contributed by atoms with E-state index >= 15 is 0 Å². The highest BCUT2D eigenvalue weighted by atomic mass is 16.6. The SMILES string of the molecule is CO/N=C/C(=O)N1CCOC[C@H]1C. The molecule has 1 aliphatic heterocycles. The van der Waals surface area contributed by atoms with Crippen LogP contribution in [0.4, 0.5) is 0 Å². The first-order valence-corrected chi connectivity index (χ1v) is 4.20. The Morgan fingerprint density at radius 1 is 1.77 bits per heavy atom. The first-order valence-electron chi connectivity index (χ1n) is 4.20. The summed E-state index contributed by atoms with van der Waals surface area (Å²) >= 11 is 0. The van der Waals surface area contributed by atoms with Gasteiger partial charge in [-0.2, -0.15) is 0 Å². The Morgan fingerprint density at radius 2 is 2.54 bits per heavy atom. The predicted octanol–water partition coefficient (Wildman–Crippen LogP) is -0.134. The highest BCUT2D eigenvalue weighted by Crippen LogP contribution is 2.05. The Morgan fingerprint density at radius 3 is 3.15 bits per heavy atom. The van der Waals surface area contributed by atoms with E-state index in [2.05, 4.69) is 9.99 Å². The van der Waals surface area contributed by atoms with Crippen LogP contribution in [0.25, 0.3) is 0 Å². The van der Waals surface area contributed by atoms with E-state index in [0.29, 0.717) is 19.8 Å². The number of rotatable bonds is 2. The Kier molecular flexibility index (Phi) is 3.70. The van der Waals surface area contributed by atoms with Crippen LogP contribution in [0.5, 0.6) is 0 Å². The molecule has 0 spiro atoms. The van der Waals surface area contributed by atoms with E-state index in [0.717, 1.165) is 0 Å². The number of hydrogen-bond acceptors (Lipinski definition) is 4. The third kappa shape index (κ3) is 2.69. The van der Waals surface area contributed by atoms with E-state index in [1.54, 1.807) is 4.90 Å². The van der Waals surface area contributed by atoms with Crippen LogP contribution in [0.3, 0.4) is 0 Å². The second-order valence-electron chi connectivity index (χ2n) is 2.87. The molecule has 0 radical (unpaired) electrons. The molecule has 1 atom stereocenters. The van der Waals surface area contributed by atoms with Crippen LogP contribution in [-0.2, 0) is 14.4 Å². The van der Waals surface area contributed by atoms with Crippen LogP contribution < -0.4 is 0 Å². The van der Waals surface area contributed by atoms with Crippen LogP contribution in [0, 0.1) is 0 Å². The molecule has 0 aromatic heterocycles. The van der Waals surface area contributed by atoms with Gasteiger partial charge in [0.1, 0.15) is 13.3 Å². The predicted molar refractivity (Wildman–Crippen MR) is 47.5 cm³/mol. The molecule has 1 rings (SSSR count). The second kappa shape index (κ2) is 4.81. The van der Waals surface area contributed by atoms with Gasteiger partial charge in [0.2, 0.25) is 0 Å². The summed E-state index contributed by atoms with van der Waals surface area (Å²) in [5.74, 6) is -0.127. The van der Waals surface area contributed by atoms with E-state index in [9.17, 15) is 4.79 Å². The smallest absolute Gasteiger partial charge is 0.268 e. The molecular formula is C8H14N2O3. The van der Waals surface area contributed by atoms with Gasteiger partial charge in [-0.1, -0.05) is 5.16 Å². The van der Waals surface area contributed by atoms with E-state index in [-0.39, 0.29) is 11.9 Å². The van der Waals surface area contributed by atoms with Gasteiger partial charge in [0, 0.05) is 6.54 Å². The first-order chi connectivity index (χ1) is 6.25. The molecule has 0 unspecified atom stereocenters. The van der Waals surface area contributed by atoms with Gasteiger partial charge in [0.25, 0.3) is 5.91 Å². The first kappa shape index (κ1) is 9.98. The fourth-order valence-corrected chi connectivity index (χ4v) is 1.23. The summed E-state index contributed by atoms with van der Waals surface area (Å²) in [5, 5.41) is 3.42. The van der Waals surface area contributed by atoms with Crippen molar-refractivity contribution in [2.24, 2.45) is 5.16 Å². The van der Waals surface area contributed by atoms with E-state index < -0.39 is 0 Å². The molecule has 5 heteroatoms. The zero-order valence-corrected chi connectivity index (χ0v) is 7.90. The topological polar surface area (TPSA) is 51.1 Å². The summed E-state index contributed by atoms with van der Waals surface area (Å²) in [6, 6.07) is 0.115. The lowest BCUT2D eigenvalue weighted by molar-refractivity contribution is -0.131. The van der Waals surface area contributed by atoms with Gasteiger partial charge in [-0.05, 0) is 6.92 Å². The molecule has 0 aliphatic carbocycles. The number of nitrogens with zero attached hydrogens (tertiary/aromatic N) is 2. The third-order valence-corrected chi connectivity index (χ3v) is 1.92. The molecule has 1 saturated heterocycles.